The second kappa shape index (κ2) is 10.0. The van der Waals surface area contributed by atoms with Crippen LogP contribution in [0, 0.1) is 5.92 Å². The molecule has 1 aliphatic heterocycles. The highest BCUT2D eigenvalue weighted by Crippen LogP contribution is 2.23. The van der Waals surface area contributed by atoms with Gasteiger partial charge in [-0.15, -0.1) is 0 Å². The Kier molecular flexibility index (Phi) is 7.96. The summed E-state index contributed by atoms with van der Waals surface area (Å²) in [5.41, 5.74) is 1.46. The Hall–Kier alpha value is -0.860. The summed E-state index contributed by atoms with van der Waals surface area (Å²) < 4.78 is 0. The van der Waals surface area contributed by atoms with Crippen molar-refractivity contribution in [1.29, 1.82) is 0 Å². The van der Waals surface area contributed by atoms with E-state index in [0.717, 1.165) is 12.5 Å². The van der Waals surface area contributed by atoms with Crippen molar-refractivity contribution in [2.75, 3.05) is 32.7 Å². The van der Waals surface area contributed by atoms with Crippen LogP contribution in [0.25, 0.3) is 0 Å². The van der Waals surface area contributed by atoms with Crippen LogP contribution in [0.3, 0.4) is 0 Å². The highest BCUT2D eigenvalue weighted by molar-refractivity contribution is 5.14. The van der Waals surface area contributed by atoms with E-state index >= 15 is 0 Å². The first kappa shape index (κ1) is 17.5. The van der Waals surface area contributed by atoms with Gasteiger partial charge in [0.15, 0.2) is 0 Å². The van der Waals surface area contributed by atoms with Crippen LogP contribution in [0.5, 0.6) is 0 Å². The Bertz CT molecular complexity index is 378. The van der Waals surface area contributed by atoms with Gasteiger partial charge >= 0.3 is 0 Å². The number of likely N-dealkylation sites (tertiary alicyclic amines) is 1. The summed E-state index contributed by atoms with van der Waals surface area (Å²) >= 11 is 0. The topological polar surface area (TPSA) is 6.48 Å². The molecule has 0 unspecified atom stereocenters. The van der Waals surface area contributed by atoms with Crippen LogP contribution >= 0.6 is 0 Å². The smallest absolute Gasteiger partial charge is 0.0233 e. The van der Waals surface area contributed by atoms with Gasteiger partial charge in [0, 0.05) is 6.54 Å². The SMILES string of the molecule is CCN(CC)CCCCC1CCN(Cc2ccccc2)CC1. The third kappa shape index (κ3) is 6.10. The molecule has 0 aromatic heterocycles. The molecular formula is C20H34N2. The molecule has 0 aliphatic carbocycles. The molecular weight excluding hydrogens is 268 g/mol. The van der Waals surface area contributed by atoms with Gasteiger partial charge < -0.3 is 4.90 Å². The van der Waals surface area contributed by atoms with Crippen LogP contribution in [0.1, 0.15) is 51.5 Å². The lowest BCUT2D eigenvalue weighted by Gasteiger charge is -2.32. The van der Waals surface area contributed by atoms with Gasteiger partial charge in [-0.05, 0) is 63.5 Å². The van der Waals surface area contributed by atoms with E-state index in [1.807, 2.05) is 0 Å². The standard InChI is InChI=1S/C20H34N2/c1-3-21(4-2)15-9-8-10-19-13-16-22(17-14-19)18-20-11-6-5-7-12-20/h5-7,11-12,19H,3-4,8-10,13-18H2,1-2H3. The molecule has 1 saturated heterocycles. The Morgan fingerprint density at radius 2 is 1.68 bits per heavy atom. The molecule has 1 fully saturated rings. The van der Waals surface area contributed by atoms with E-state index in [9.17, 15) is 0 Å². The summed E-state index contributed by atoms with van der Waals surface area (Å²) in [5, 5.41) is 0. The minimum atomic E-state index is 0.976. The van der Waals surface area contributed by atoms with Crippen LogP contribution in [-0.4, -0.2) is 42.5 Å². The summed E-state index contributed by atoms with van der Waals surface area (Å²) in [5.74, 6) is 0.976. The maximum Gasteiger partial charge on any atom is 0.0233 e. The third-order valence-corrected chi connectivity index (χ3v) is 5.19. The molecule has 0 N–H and O–H groups in total. The predicted octanol–water partition coefficient (Wildman–Crippen LogP) is 4.41. The lowest BCUT2D eigenvalue weighted by Crippen LogP contribution is -2.33. The van der Waals surface area contributed by atoms with E-state index < -0.39 is 0 Å². The Morgan fingerprint density at radius 1 is 1.00 bits per heavy atom. The highest BCUT2D eigenvalue weighted by Gasteiger charge is 2.18. The summed E-state index contributed by atoms with van der Waals surface area (Å²) in [6.07, 6.45) is 7.04. The number of unbranched alkanes of at least 4 members (excludes halogenated alkanes) is 1. The number of benzene rings is 1. The monoisotopic (exact) mass is 302 g/mol. The van der Waals surface area contributed by atoms with E-state index in [1.54, 1.807) is 0 Å². The van der Waals surface area contributed by atoms with Gasteiger partial charge in [-0.25, -0.2) is 0 Å². The van der Waals surface area contributed by atoms with E-state index in [1.165, 1.54) is 70.4 Å². The number of rotatable bonds is 9. The summed E-state index contributed by atoms with van der Waals surface area (Å²) in [7, 11) is 0. The molecule has 124 valence electrons. The van der Waals surface area contributed by atoms with Gasteiger partial charge in [0.1, 0.15) is 0 Å². The summed E-state index contributed by atoms with van der Waals surface area (Å²) in [6, 6.07) is 10.9. The minimum absolute atomic E-state index is 0.976. The van der Waals surface area contributed by atoms with E-state index in [4.69, 9.17) is 0 Å². The number of hydrogen-bond donors (Lipinski definition) is 0. The van der Waals surface area contributed by atoms with Gasteiger partial charge in [0.05, 0.1) is 0 Å². The second-order valence-electron chi connectivity index (χ2n) is 6.73. The molecule has 2 nitrogen and oxygen atoms in total. The summed E-state index contributed by atoms with van der Waals surface area (Å²) in [4.78, 5) is 5.17. The highest BCUT2D eigenvalue weighted by atomic mass is 15.1. The van der Waals surface area contributed by atoms with Crippen LogP contribution < -0.4 is 0 Å². The Balaban J connectivity index is 1.57. The first-order valence-electron chi connectivity index (χ1n) is 9.30. The van der Waals surface area contributed by atoms with E-state index in [-0.39, 0.29) is 0 Å². The van der Waals surface area contributed by atoms with Crippen molar-refractivity contribution in [2.45, 2.75) is 52.5 Å². The molecule has 1 aromatic rings. The molecule has 1 aromatic carbocycles. The van der Waals surface area contributed by atoms with Crippen LogP contribution in [0.4, 0.5) is 0 Å². The van der Waals surface area contributed by atoms with Crippen molar-refractivity contribution in [1.82, 2.24) is 9.80 Å². The lowest BCUT2D eigenvalue weighted by atomic mass is 9.91. The fraction of sp³-hybridized carbons (Fsp3) is 0.700. The van der Waals surface area contributed by atoms with Gasteiger partial charge in [0.25, 0.3) is 0 Å². The zero-order valence-electron chi connectivity index (χ0n) is 14.6. The van der Waals surface area contributed by atoms with E-state index in [2.05, 4.69) is 54.0 Å². The zero-order chi connectivity index (χ0) is 15.6. The molecule has 0 radical (unpaired) electrons. The third-order valence-electron chi connectivity index (χ3n) is 5.19. The molecule has 0 saturated carbocycles. The zero-order valence-corrected chi connectivity index (χ0v) is 14.6. The van der Waals surface area contributed by atoms with Gasteiger partial charge in [0.2, 0.25) is 0 Å². The van der Waals surface area contributed by atoms with Crippen molar-refractivity contribution >= 4 is 0 Å². The molecule has 0 atom stereocenters. The molecule has 22 heavy (non-hydrogen) atoms. The maximum atomic E-state index is 2.63. The molecule has 2 rings (SSSR count). The van der Waals surface area contributed by atoms with Crippen LogP contribution in [0.2, 0.25) is 0 Å². The molecule has 2 heteroatoms. The van der Waals surface area contributed by atoms with Gasteiger partial charge in [-0.1, -0.05) is 57.0 Å². The maximum absolute atomic E-state index is 2.63. The molecule has 0 bridgehead atoms. The lowest BCUT2D eigenvalue weighted by molar-refractivity contribution is 0.169. The van der Waals surface area contributed by atoms with Crippen molar-refractivity contribution in [3.8, 4) is 0 Å². The average Bonchev–Trinajstić information content (AvgIpc) is 2.57. The van der Waals surface area contributed by atoms with Crippen molar-refractivity contribution < 1.29 is 0 Å². The summed E-state index contributed by atoms with van der Waals surface area (Å²) in [6.45, 7) is 11.9. The second-order valence-corrected chi connectivity index (χ2v) is 6.73. The predicted molar refractivity (Wildman–Crippen MR) is 96.1 cm³/mol. The molecule has 1 heterocycles. The normalized spacial score (nSPS) is 17.2. The van der Waals surface area contributed by atoms with Crippen LogP contribution in [0.15, 0.2) is 30.3 Å². The Labute approximate surface area is 137 Å². The first-order valence-corrected chi connectivity index (χ1v) is 9.30. The quantitative estimate of drug-likeness (QED) is 0.623. The number of hydrogen-bond acceptors (Lipinski definition) is 2. The molecule has 1 aliphatic rings. The van der Waals surface area contributed by atoms with E-state index in [0.29, 0.717) is 0 Å². The van der Waals surface area contributed by atoms with Gasteiger partial charge in [-0.3, -0.25) is 4.90 Å². The largest absolute Gasteiger partial charge is 0.304 e. The van der Waals surface area contributed by atoms with Crippen molar-refractivity contribution in [3.63, 3.8) is 0 Å². The molecule has 0 spiro atoms. The minimum Gasteiger partial charge on any atom is -0.304 e. The fourth-order valence-electron chi connectivity index (χ4n) is 3.58. The first-order chi connectivity index (χ1) is 10.8. The Morgan fingerprint density at radius 3 is 2.32 bits per heavy atom. The molecule has 0 amide bonds. The van der Waals surface area contributed by atoms with Crippen molar-refractivity contribution in [2.24, 2.45) is 5.92 Å². The fourth-order valence-corrected chi connectivity index (χ4v) is 3.58. The van der Waals surface area contributed by atoms with Crippen molar-refractivity contribution in [3.05, 3.63) is 35.9 Å². The number of piperidine rings is 1. The van der Waals surface area contributed by atoms with Crippen LogP contribution in [-0.2, 0) is 6.54 Å². The average molecular weight is 303 g/mol. The van der Waals surface area contributed by atoms with Gasteiger partial charge in [-0.2, -0.15) is 0 Å². The number of nitrogens with zero attached hydrogens (tertiary/aromatic N) is 2.